The molecule has 1 aromatic carbocycles. The van der Waals surface area contributed by atoms with E-state index >= 15 is 0 Å². The summed E-state index contributed by atoms with van der Waals surface area (Å²) >= 11 is 3.91. The van der Waals surface area contributed by atoms with Crippen LogP contribution in [0.15, 0.2) is 29.3 Å². The zero-order valence-corrected chi connectivity index (χ0v) is 20.5. The van der Waals surface area contributed by atoms with Gasteiger partial charge in [-0.1, -0.05) is 20.4 Å². The average Bonchev–Trinajstić information content (AvgIpc) is 2.72. The maximum absolute atomic E-state index is 9.88. The Balaban J connectivity index is 1.59. The summed E-state index contributed by atoms with van der Waals surface area (Å²) in [6, 6.07) is 4.94. The lowest BCUT2D eigenvalue weighted by atomic mass is 10.0. The molecule has 164 valence electrons. The van der Waals surface area contributed by atoms with Gasteiger partial charge in [-0.05, 0) is 81.6 Å². The van der Waals surface area contributed by atoms with E-state index in [1.54, 1.807) is 0 Å². The van der Waals surface area contributed by atoms with Gasteiger partial charge in [0.2, 0.25) is 0 Å². The van der Waals surface area contributed by atoms with E-state index in [1.807, 2.05) is 37.4 Å². The van der Waals surface area contributed by atoms with E-state index in [4.69, 9.17) is 0 Å². The van der Waals surface area contributed by atoms with Gasteiger partial charge in [0.25, 0.3) is 0 Å². The molecule has 1 N–H and O–H groups in total. The molecule has 0 saturated carbocycles. The van der Waals surface area contributed by atoms with Gasteiger partial charge in [0, 0.05) is 41.2 Å². The number of benzene rings is 1. The number of hydrogen-bond acceptors (Lipinski definition) is 5. The molecule has 1 saturated heterocycles. The van der Waals surface area contributed by atoms with Crippen LogP contribution in [0.1, 0.15) is 50.7 Å². The fourth-order valence-corrected chi connectivity index (χ4v) is 6.25. The molecule has 0 atom stereocenters. The van der Waals surface area contributed by atoms with Crippen molar-refractivity contribution in [2.24, 2.45) is 0 Å². The topological polar surface area (TPSA) is 26.7 Å². The first-order chi connectivity index (χ1) is 14.0. The predicted molar refractivity (Wildman–Crippen MR) is 132 cm³/mol. The number of nitrogens with zero attached hydrogens (tertiary/aromatic N) is 2. The molecule has 1 heterocycles. The van der Waals surface area contributed by atoms with E-state index < -0.39 is 0 Å². The number of likely N-dealkylation sites (tertiary alicyclic amines) is 1. The van der Waals surface area contributed by atoms with Gasteiger partial charge in [-0.3, -0.25) is 0 Å². The third-order valence-corrected chi connectivity index (χ3v) is 8.06. The van der Waals surface area contributed by atoms with Crippen LogP contribution >= 0.6 is 23.5 Å². The average molecular weight is 437 g/mol. The fraction of sp³-hybridized carbons (Fsp3) is 0.667. The van der Waals surface area contributed by atoms with Crippen molar-refractivity contribution in [3.63, 3.8) is 0 Å². The molecule has 0 amide bonds. The van der Waals surface area contributed by atoms with Crippen molar-refractivity contribution in [2.75, 3.05) is 43.4 Å². The highest BCUT2D eigenvalue weighted by molar-refractivity contribution is 8.02. The molecule has 0 radical (unpaired) electrons. The van der Waals surface area contributed by atoms with Crippen LogP contribution in [0.2, 0.25) is 0 Å². The van der Waals surface area contributed by atoms with Crippen molar-refractivity contribution in [1.82, 2.24) is 9.80 Å². The smallest absolute Gasteiger partial charge is 0.121 e. The van der Waals surface area contributed by atoms with Crippen LogP contribution in [0.3, 0.4) is 0 Å². The molecule has 0 bridgehead atoms. The van der Waals surface area contributed by atoms with E-state index in [2.05, 4.69) is 42.4 Å². The lowest BCUT2D eigenvalue weighted by Gasteiger charge is -2.39. The van der Waals surface area contributed by atoms with Crippen LogP contribution in [-0.4, -0.2) is 64.4 Å². The summed E-state index contributed by atoms with van der Waals surface area (Å²) in [5, 5.41) is 9.88. The second kappa shape index (κ2) is 12.8. The zero-order chi connectivity index (χ0) is 21.2. The van der Waals surface area contributed by atoms with Gasteiger partial charge >= 0.3 is 0 Å². The van der Waals surface area contributed by atoms with Crippen LogP contribution in [-0.2, 0) is 0 Å². The number of aryl methyl sites for hydroxylation is 2. The van der Waals surface area contributed by atoms with Gasteiger partial charge in [0.15, 0.2) is 0 Å². The number of rotatable bonds is 12. The molecular weight excluding hydrogens is 396 g/mol. The Bertz CT molecular complexity index is 619. The van der Waals surface area contributed by atoms with Crippen molar-refractivity contribution in [1.29, 1.82) is 0 Å². The summed E-state index contributed by atoms with van der Waals surface area (Å²) in [6.45, 7) is 17.6. The van der Waals surface area contributed by atoms with Crippen LogP contribution in [0.4, 0.5) is 0 Å². The number of phenols is 1. The number of aromatic hydroxyl groups is 1. The lowest BCUT2D eigenvalue weighted by molar-refractivity contribution is 0.128. The monoisotopic (exact) mass is 436 g/mol. The number of thioether (sulfide) groups is 2. The quantitative estimate of drug-likeness (QED) is 0.323. The summed E-state index contributed by atoms with van der Waals surface area (Å²) in [4.78, 5) is 6.44. The highest BCUT2D eigenvalue weighted by Gasteiger charge is 2.23. The molecule has 0 unspecified atom stereocenters. The largest absolute Gasteiger partial charge is 0.507 e. The molecule has 0 aromatic heterocycles. The molecule has 0 aliphatic carbocycles. The van der Waals surface area contributed by atoms with Crippen LogP contribution in [0, 0.1) is 13.8 Å². The minimum atomic E-state index is 0.430. The number of hydrogen-bond donors (Lipinski definition) is 1. The summed E-state index contributed by atoms with van der Waals surface area (Å²) in [6.07, 6.45) is 4.91. The first-order valence-electron chi connectivity index (χ1n) is 11.1. The first-order valence-corrected chi connectivity index (χ1v) is 13.3. The van der Waals surface area contributed by atoms with Crippen molar-refractivity contribution in [3.8, 4) is 5.75 Å². The highest BCUT2D eigenvalue weighted by Crippen LogP contribution is 2.29. The molecule has 1 aromatic rings. The van der Waals surface area contributed by atoms with Crippen molar-refractivity contribution in [3.05, 3.63) is 35.5 Å². The van der Waals surface area contributed by atoms with Crippen molar-refractivity contribution < 1.29 is 5.11 Å². The van der Waals surface area contributed by atoms with E-state index in [9.17, 15) is 5.11 Å². The Morgan fingerprint density at radius 1 is 1.14 bits per heavy atom. The van der Waals surface area contributed by atoms with Gasteiger partial charge < -0.3 is 14.9 Å². The Kier molecular flexibility index (Phi) is 10.8. The molecule has 5 heteroatoms. The van der Waals surface area contributed by atoms with Crippen LogP contribution < -0.4 is 0 Å². The number of piperidine rings is 1. The Morgan fingerprint density at radius 2 is 1.79 bits per heavy atom. The molecule has 2 rings (SSSR count). The van der Waals surface area contributed by atoms with Gasteiger partial charge in [0.1, 0.15) is 5.75 Å². The molecule has 1 aliphatic rings. The van der Waals surface area contributed by atoms with Gasteiger partial charge in [-0.2, -0.15) is 11.8 Å². The maximum Gasteiger partial charge on any atom is 0.121 e. The minimum absolute atomic E-state index is 0.430. The van der Waals surface area contributed by atoms with Crippen molar-refractivity contribution in [2.45, 2.75) is 64.3 Å². The number of phenolic OH excluding ortho intramolecular Hbond substituents is 1. The van der Waals surface area contributed by atoms with Crippen molar-refractivity contribution >= 4 is 23.5 Å². The lowest BCUT2D eigenvalue weighted by Crippen LogP contribution is -2.44. The molecule has 29 heavy (non-hydrogen) atoms. The van der Waals surface area contributed by atoms with Crippen LogP contribution in [0.5, 0.6) is 5.75 Å². The van der Waals surface area contributed by atoms with Crippen LogP contribution in [0.25, 0.3) is 0 Å². The number of allylic oxidation sites excluding steroid dienone is 1. The van der Waals surface area contributed by atoms with Gasteiger partial charge in [-0.15, -0.1) is 11.8 Å². The third kappa shape index (κ3) is 7.76. The molecule has 1 fully saturated rings. The van der Waals surface area contributed by atoms with E-state index in [1.165, 1.54) is 56.0 Å². The highest BCUT2D eigenvalue weighted by atomic mass is 32.2. The SMILES string of the molecule is C=C(CCSCCSc1cc(C)c(O)c(C)c1)N1CCC(N(CC)CCC)CC1. The Morgan fingerprint density at radius 3 is 2.38 bits per heavy atom. The summed E-state index contributed by atoms with van der Waals surface area (Å²) in [7, 11) is 0. The zero-order valence-electron chi connectivity index (χ0n) is 18.9. The summed E-state index contributed by atoms with van der Waals surface area (Å²) in [5.74, 6) is 3.85. The minimum Gasteiger partial charge on any atom is -0.507 e. The van der Waals surface area contributed by atoms with Gasteiger partial charge in [0.05, 0.1) is 0 Å². The molecule has 0 spiro atoms. The third-order valence-electron chi connectivity index (χ3n) is 5.84. The second-order valence-electron chi connectivity index (χ2n) is 8.03. The predicted octanol–water partition coefficient (Wildman–Crippen LogP) is 5.93. The molecule has 3 nitrogen and oxygen atoms in total. The van der Waals surface area contributed by atoms with Gasteiger partial charge in [-0.25, -0.2) is 0 Å². The Hall–Kier alpha value is -0.780. The first kappa shape index (κ1) is 24.5. The van der Waals surface area contributed by atoms with E-state index in [-0.39, 0.29) is 0 Å². The Labute approximate surface area is 187 Å². The molecule has 1 aliphatic heterocycles. The summed E-state index contributed by atoms with van der Waals surface area (Å²) in [5.41, 5.74) is 3.26. The molecular formula is C24H40N2OS2. The van der Waals surface area contributed by atoms with E-state index in [0.717, 1.165) is 40.8 Å². The second-order valence-corrected chi connectivity index (χ2v) is 10.4. The fourth-order valence-electron chi connectivity index (χ4n) is 4.10. The summed E-state index contributed by atoms with van der Waals surface area (Å²) < 4.78 is 0. The normalized spacial score (nSPS) is 15.3. The standard InChI is InChI=1S/C24H40N2OS2/c1-6-11-25(7-2)22-8-12-26(13-9-22)21(5)10-14-28-15-16-29-23-17-19(3)24(27)20(4)18-23/h17-18,22,27H,5-16H2,1-4H3. The maximum atomic E-state index is 9.88. The van der Waals surface area contributed by atoms with E-state index in [0.29, 0.717) is 5.75 Å².